The van der Waals surface area contributed by atoms with E-state index < -0.39 is 0 Å². The Labute approximate surface area is 85.1 Å². The molecule has 80 valence electrons. The van der Waals surface area contributed by atoms with Gasteiger partial charge in [-0.25, -0.2) is 0 Å². The van der Waals surface area contributed by atoms with E-state index in [2.05, 4.69) is 5.32 Å². The molecule has 3 aliphatic rings. The van der Waals surface area contributed by atoms with Crippen molar-refractivity contribution >= 4 is 0 Å². The number of rotatable bonds is 0. The van der Waals surface area contributed by atoms with Gasteiger partial charge in [-0.15, -0.1) is 0 Å². The van der Waals surface area contributed by atoms with Crippen LogP contribution in [0.3, 0.4) is 0 Å². The fourth-order valence-corrected chi connectivity index (χ4v) is 3.07. The first kappa shape index (κ1) is 9.13. The Morgan fingerprint density at radius 2 is 1.71 bits per heavy atom. The van der Waals surface area contributed by atoms with Crippen LogP contribution in [0.15, 0.2) is 0 Å². The van der Waals surface area contributed by atoms with Crippen LogP contribution in [0.4, 0.5) is 0 Å². The van der Waals surface area contributed by atoms with Crippen molar-refractivity contribution in [1.29, 1.82) is 0 Å². The maximum absolute atomic E-state index is 5.79. The number of hydrogen-bond donors (Lipinski definition) is 1. The second kappa shape index (κ2) is 3.19. The molecule has 3 rings (SSSR count). The van der Waals surface area contributed by atoms with E-state index in [0.29, 0.717) is 5.54 Å². The molecule has 0 aromatic rings. The lowest BCUT2D eigenvalue weighted by atomic mass is 9.77. The van der Waals surface area contributed by atoms with Gasteiger partial charge in [0, 0.05) is 5.54 Å². The molecular weight excluding hydrogens is 178 g/mol. The van der Waals surface area contributed by atoms with Crippen molar-refractivity contribution in [2.24, 2.45) is 0 Å². The van der Waals surface area contributed by atoms with Crippen molar-refractivity contribution in [3.8, 4) is 0 Å². The SMILES string of the molecule is C1CCC2(CC1)CCOC1(COC1)N2. The van der Waals surface area contributed by atoms with Crippen LogP contribution in [0.2, 0.25) is 0 Å². The first-order valence-corrected chi connectivity index (χ1v) is 5.84. The Morgan fingerprint density at radius 1 is 0.929 bits per heavy atom. The van der Waals surface area contributed by atoms with Crippen LogP contribution < -0.4 is 5.32 Å². The summed E-state index contributed by atoms with van der Waals surface area (Å²) in [6.07, 6.45) is 8.02. The molecule has 0 aromatic carbocycles. The third-order valence-corrected chi connectivity index (χ3v) is 3.93. The summed E-state index contributed by atoms with van der Waals surface area (Å²) in [7, 11) is 0. The van der Waals surface area contributed by atoms with Gasteiger partial charge in [-0.1, -0.05) is 19.3 Å². The molecule has 1 saturated carbocycles. The van der Waals surface area contributed by atoms with Gasteiger partial charge in [0.25, 0.3) is 0 Å². The van der Waals surface area contributed by atoms with E-state index in [1.807, 2.05) is 0 Å². The molecule has 3 nitrogen and oxygen atoms in total. The van der Waals surface area contributed by atoms with Gasteiger partial charge in [0.05, 0.1) is 19.8 Å². The van der Waals surface area contributed by atoms with Crippen LogP contribution in [-0.4, -0.2) is 31.1 Å². The lowest BCUT2D eigenvalue weighted by Crippen LogP contribution is -2.72. The first-order chi connectivity index (χ1) is 6.83. The monoisotopic (exact) mass is 197 g/mol. The third kappa shape index (κ3) is 1.38. The van der Waals surface area contributed by atoms with E-state index in [9.17, 15) is 0 Å². The fourth-order valence-electron chi connectivity index (χ4n) is 3.07. The largest absolute Gasteiger partial charge is 0.372 e. The highest BCUT2D eigenvalue weighted by Gasteiger charge is 2.49. The van der Waals surface area contributed by atoms with Gasteiger partial charge >= 0.3 is 0 Å². The third-order valence-electron chi connectivity index (χ3n) is 3.93. The van der Waals surface area contributed by atoms with Crippen LogP contribution in [0, 0.1) is 0 Å². The summed E-state index contributed by atoms with van der Waals surface area (Å²) >= 11 is 0. The zero-order valence-electron chi connectivity index (χ0n) is 8.68. The van der Waals surface area contributed by atoms with Crippen LogP contribution in [0.25, 0.3) is 0 Å². The molecule has 2 spiro atoms. The van der Waals surface area contributed by atoms with Gasteiger partial charge in [-0.2, -0.15) is 0 Å². The quantitative estimate of drug-likeness (QED) is 0.637. The average Bonchev–Trinajstić information content (AvgIpc) is 2.17. The summed E-state index contributed by atoms with van der Waals surface area (Å²) < 4.78 is 11.1. The van der Waals surface area contributed by atoms with Crippen molar-refractivity contribution in [3.63, 3.8) is 0 Å². The summed E-state index contributed by atoms with van der Waals surface area (Å²) in [5.74, 6) is 0. The molecule has 0 radical (unpaired) electrons. The van der Waals surface area contributed by atoms with E-state index in [1.54, 1.807) is 0 Å². The van der Waals surface area contributed by atoms with Gasteiger partial charge in [-0.3, -0.25) is 5.32 Å². The van der Waals surface area contributed by atoms with Gasteiger partial charge in [0.2, 0.25) is 0 Å². The molecule has 2 saturated heterocycles. The van der Waals surface area contributed by atoms with Crippen LogP contribution in [-0.2, 0) is 9.47 Å². The minimum absolute atomic E-state index is 0.102. The lowest BCUT2D eigenvalue weighted by Gasteiger charge is -2.54. The zero-order chi connectivity index (χ0) is 9.49. The highest BCUT2D eigenvalue weighted by molar-refractivity contribution is 5.01. The highest BCUT2D eigenvalue weighted by Crippen LogP contribution is 2.38. The Morgan fingerprint density at radius 3 is 2.36 bits per heavy atom. The maximum Gasteiger partial charge on any atom is 0.166 e. The molecule has 0 unspecified atom stereocenters. The summed E-state index contributed by atoms with van der Waals surface area (Å²) in [6.45, 7) is 2.40. The standard InChI is InChI=1S/C11H19NO2/c1-2-4-10(5-3-1)6-7-14-11(12-10)8-13-9-11/h12H,1-9H2. The van der Waals surface area contributed by atoms with Crippen LogP contribution in [0.1, 0.15) is 38.5 Å². The van der Waals surface area contributed by atoms with Gasteiger partial charge in [0.15, 0.2) is 5.72 Å². The summed E-state index contributed by atoms with van der Waals surface area (Å²) in [4.78, 5) is 0. The van der Waals surface area contributed by atoms with Crippen molar-refractivity contribution < 1.29 is 9.47 Å². The smallest absolute Gasteiger partial charge is 0.166 e. The normalized spacial score (nSPS) is 34.3. The molecule has 0 aromatic heterocycles. The molecule has 2 aliphatic heterocycles. The Bertz CT molecular complexity index is 214. The van der Waals surface area contributed by atoms with E-state index in [1.165, 1.54) is 38.5 Å². The Hall–Kier alpha value is -0.120. The molecule has 14 heavy (non-hydrogen) atoms. The molecule has 3 fully saturated rings. The van der Waals surface area contributed by atoms with Crippen LogP contribution >= 0.6 is 0 Å². The van der Waals surface area contributed by atoms with E-state index in [0.717, 1.165) is 19.8 Å². The Kier molecular flexibility index (Phi) is 2.08. The molecule has 1 N–H and O–H groups in total. The number of nitrogens with one attached hydrogen (secondary N) is 1. The van der Waals surface area contributed by atoms with Gasteiger partial charge in [0.1, 0.15) is 0 Å². The van der Waals surface area contributed by atoms with Crippen LogP contribution in [0.5, 0.6) is 0 Å². The maximum atomic E-state index is 5.79. The Balaban J connectivity index is 1.73. The molecule has 1 aliphatic carbocycles. The average molecular weight is 197 g/mol. The summed E-state index contributed by atoms with van der Waals surface area (Å²) in [5.41, 5.74) is 0.288. The van der Waals surface area contributed by atoms with Gasteiger partial charge < -0.3 is 9.47 Å². The van der Waals surface area contributed by atoms with E-state index in [-0.39, 0.29) is 5.72 Å². The molecule has 3 heteroatoms. The summed E-state index contributed by atoms with van der Waals surface area (Å²) in [5, 5.41) is 3.73. The molecule has 0 bridgehead atoms. The van der Waals surface area contributed by atoms with Gasteiger partial charge in [-0.05, 0) is 19.3 Å². The van der Waals surface area contributed by atoms with Crippen molar-refractivity contribution in [1.82, 2.24) is 5.32 Å². The molecule has 0 atom stereocenters. The molecule has 2 heterocycles. The van der Waals surface area contributed by atoms with Crippen molar-refractivity contribution in [2.45, 2.75) is 49.8 Å². The van der Waals surface area contributed by atoms with Crippen molar-refractivity contribution in [2.75, 3.05) is 19.8 Å². The number of ether oxygens (including phenoxy) is 2. The zero-order valence-corrected chi connectivity index (χ0v) is 8.68. The van der Waals surface area contributed by atoms with E-state index in [4.69, 9.17) is 9.47 Å². The minimum Gasteiger partial charge on any atom is -0.372 e. The molecular formula is C11H19NO2. The van der Waals surface area contributed by atoms with E-state index >= 15 is 0 Å². The second-order valence-corrected chi connectivity index (χ2v) is 5.05. The first-order valence-electron chi connectivity index (χ1n) is 5.84. The second-order valence-electron chi connectivity index (χ2n) is 5.05. The summed E-state index contributed by atoms with van der Waals surface area (Å²) in [6, 6.07) is 0. The highest BCUT2D eigenvalue weighted by atomic mass is 16.6. The topological polar surface area (TPSA) is 30.5 Å². The minimum atomic E-state index is -0.102. The predicted octanol–water partition coefficient (Wildman–Crippen LogP) is 1.43. The number of hydrogen-bond acceptors (Lipinski definition) is 3. The van der Waals surface area contributed by atoms with Crippen molar-refractivity contribution in [3.05, 3.63) is 0 Å². The predicted molar refractivity (Wildman–Crippen MR) is 53.1 cm³/mol. The molecule has 0 amide bonds. The lowest BCUT2D eigenvalue weighted by molar-refractivity contribution is -0.259. The fraction of sp³-hybridized carbons (Fsp3) is 1.00.